The van der Waals surface area contributed by atoms with Gasteiger partial charge in [-0.2, -0.15) is 0 Å². The SMILES string of the molecule is Cc1cc(Cl)ccc1C(CC(=NO)c1ccc(=O)n(CCO)c1)c1ccc(S(C)(=O)=O)cc1. The van der Waals surface area contributed by atoms with Gasteiger partial charge < -0.3 is 14.9 Å². The van der Waals surface area contributed by atoms with Gasteiger partial charge in [-0.25, -0.2) is 8.42 Å². The van der Waals surface area contributed by atoms with Gasteiger partial charge in [-0.3, -0.25) is 4.79 Å². The fourth-order valence-corrected chi connectivity index (χ4v) is 4.64. The van der Waals surface area contributed by atoms with Crippen molar-refractivity contribution in [1.82, 2.24) is 4.57 Å². The van der Waals surface area contributed by atoms with Crippen molar-refractivity contribution in [2.45, 2.75) is 30.7 Å². The van der Waals surface area contributed by atoms with Crippen molar-refractivity contribution in [1.29, 1.82) is 0 Å². The Labute approximate surface area is 197 Å². The first kappa shape index (κ1) is 24.7. The second kappa shape index (κ2) is 10.3. The smallest absolute Gasteiger partial charge is 0.250 e. The largest absolute Gasteiger partial charge is 0.411 e. The zero-order chi connectivity index (χ0) is 24.2. The molecular weight excluding hydrogens is 464 g/mol. The number of aliphatic hydroxyl groups is 1. The van der Waals surface area contributed by atoms with Crippen LogP contribution in [-0.4, -0.2) is 41.9 Å². The molecule has 1 aromatic heterocycles. The summed E-state index contributed by atoms with van der Waals surface area (Å²) >= 11 is 6.15. The molecule has 3 aromatic rings. The molecule has 0 aliphatic carbocycles. The van der Waals surface area contributed by atoms with Crippen LogP contribution in [0.25, 0.3) is 0 Å². The summed E-state index contributed by atoms with van der Waals surface area (Å²) in [6.45, 7) is 1.85. The van der Waals surface area contributed by atoms with Crippen LogP contribution in [0.4, 0.5) is 0 Å². The normalized spacial score (nSPS) is 13.2. The van der Waals surface area contributed by atoms with Crippen LogP contribution in [-0.2, 0) is 16.4 Å². The Bertz CT molecular complexity index is 1330. The van der Waals surface area contributed by atoms with Crippen molar-refractivity contribution < 1.29 is 18.7 Å². The lowest BCUT2D eigenvalue weighted by atomic mass is 9.83. The standard InChI is InChI=1S/C24H25ClN2O5S/c1-16-13-19(25)6-9-21(16)22(17-3-7-20(8-4-17)33(2,31)32)14-23(26-30)18-5-10-24(29)27(15-18)11-12-28/h3-10,13,15,22,28,30H,11-12,14H2,1-2H3. The topological polar surface area (TPSA) is 109 Å². The average Bonchev–Trinajstić information content (AvgIpc) is 2.77. The molecule has 0 amide bonds. The zero-order valence-corrected chi connectivity index (χ0v) is 19.8. The van der Waals surface area contributed by atoms with Gasteiger partial charge >= 0.3 is 0 Å². The van der Waals surface area contributed by atoms with E-state index in [9.17, 15) is 23.5 Å². The van der Waals surface area contributed by atoms with Crippen LogP contribution in [0.3, 0.4) is 0 Å². The number of aryl methyl sites for hydroxylation is 1. The molecule has 1 unspecified atom stereocenters. The molecule has 0 aliphatic heterocycles. The van der Waals surface area contributed by atoms with E-state index >= 15 is 0 Å². The highest BCUT2D eigenvalue weighted by Gasteiger charge is 2.22. The van der Waals surface area contributed by atoms with Crippen LogP contribution in [0.1, 0.15) is 34.6 Å². The molecule has 7 nitrogen and oxygen atoms in total. The van der Waals surface area contributed by atoms with E-state index in [1.54, 1.807) is 42.6 Å². The molecule has 2 N–H and O–H groups in total. The van der Waals surface area contributed by atoms with E-state index in [0.717, 1.165) is 22.9 Å². The second-order valence-electron chi connectivity index (χ2n) is 7.82. The Hall–Kier alpha value is -2.94. The number of aromatic nitrogens is 1. The van der Waals surface area contributed by atoms with E-state index in [1.165, 1.54) is 10.6 Å². The molecule has 0 radical (unpaired) electrons. The molecule has 33 heavy (non-hydrogen) atoms. The highest BCUT2D eigenvalue weighted by Crippen LogP contribution is 2.33. The molecule has 1 heterocycles. The van der Waals surface area contributed by atoms with Crippen LogP contribution in [0.2, 0.25) is 5.02 Å². The van der Waals surface area contributed by atoms with E-state index < -0.39 is 9.84 Å². The van der Waals surface area contributed by atoms with Crippen molar-refractivity contribution in [3.8, 4) is 0 Å². The summed E-state index contributed by atoms with van der Waals surface area (Å²) in [5, 5.41) is 23.1. The minimum atomic E-state index is -3.34. The number of sulfone groups is 1. The molecule has 0 spiro atoms. The number of aliphatic hydroxyl groups excluding tert-OH is 1. The Morgan fingerprint density at radius 2 is 1.82 bits per heavy atom. The summed E-state index contributed by atoms with van der Waals surface area (Å²) in [4.78, 5) is 12.2. The summed E-state index contributed by atoms with van der Waals surface area (Å²) in [7, 11) is -3.34. The third kappa shape index (κ3) is 5.90. The molecule has 1 atom stereocenters. The molecule has 2 aromatic carbocycles. The molecule has 0 fully saturated rings. The molecule has 9 heteroatoms. The van der Waals surface area contributed by atoms with E-state index in [0.29, 0.717) is 16.3 Å². The maximum Gasteiger partial charge on any atom is 0.250 e. The lowest BCUT2D eigenvalue weighted by Crippen LogP contribution is -2.22. The monoisotopic (exact) mass is 488 g/mol. The number of oxime groups is 1. The number of hydrogen-bond acceptors (Lipinski definition) is 6. The van der Waals surface area contributed by atoms with Crippen LogP contribution in [0, 0.1) is 6.92 Å². The highest BCUT2D eigenvalue weighted by molar-refractivity contribution is 7.90. The summed E-state index contributed by atoms with van der Waals surface area (Å²) in [5.41, 5.74) is 3.31. The minimum Gasteiger partial charge on any atom is -0.411 e. The Morgan fingerprint density at radius 1 is 1.12 bits per heavy atom. The van der Waals surface area contributed by atoms with E-state index in [-0.39, 0.29) is 35.9 Å². The molecule has 174 valence electrons. The summed E-state index contributed by atoms with van der Waals surface area (Å²) in [6.07, 6.45) is 2.97. The van der Waals surface area contributed by atoms with Crippen LogP contribution in [0.15, 0.2) is 75.6 Å². The van der Waals surface area contributed by atoms with Gasteiger partial charge in [0.15, 0.2) is 9.84 Å². The van der Waals surface area contributed by atoms with Crippen molar-refractivity contribution >= 4 is 27.1 Å². The van der Waals surface area contributed by atoms with Gasteiger partial charge in [0.2, 0.25) is 0 Å². The van der Waals surface area contributed by atoms with Gasteiger partial charge in [0.25, 0.3) is 5.56 Å². The molecule has 0 aliphatic rings. The highest BCUT2D eigenvalue weighted by atomic mass is 35.5. The van der Waals surface area contributed by atoms with Gasteiger partial charge in [0, 0.05) is 48.0 Å². The maximum absolute atomic E-state index is 12.0. The first-order chi connectivity index (χ1) is 15.6. The molecule has 0 bridgehead atoms. The molecule has 0 saturated carbocycles. The van der Waals surface area contributed by atoms with Gasteiger partial charge in [0.05, 0.1) is 17.2 Å². The van der Waals surface area contributed by atoms with Crippen molar-refractivity contribution in [3.63, 3.8) is 0 Å². The molecular formula is C24H25ClN2O5S. The first-order valence-electron chi connectivity index (χ1n) is 10.2. The van der Waals surface area contributed by atoms with Gasteiger partial charge in [0.1, 0.15) is 0 Å². The lowest BCUT2D eigenvalue weighted by molar-refractivity contribution is 0.274. The average molecular weight is 489 g/mol. The number of hydrogen-bond donors (Lipinski definition) is 2. The number of rotatable bonds is 8. The van der Waals surface area contributed by atoms with Crippen LogP contribution in [0.5, 0.6) is 0 Å². The van der Waals surface area contributed by atoms with Crippen LogP contribution < -0.4 is 5.56 Å². The van der Waals surface area contributed by atoms with Crippen LogP contribution >= 0.6 is 11.6 Å². The zero-order valence-electron chi connectivity index (χ0n) is 18.3. The van der Waals surface area contributed by atoms with E-state index in [4.69, 9.17) is 11.6 Å². The summed E-state index contributed by atoms with van der Waals surface area (Å²) in [5.74, 6) is -0.278. The predicted octanol–water partition coefficient (Wildman–Crippen LogP) is 3.61. The van der Waals surface area contributed by atoms with E-state index in [2.05, 4.69) is 5.16 Å². The lowest BCUT2D eigenvalue weighted by Gasteiger charge is -2.21. The number of pyridine rings is 1. The minimum absolute atomic E-state index is 0.123. The van der Waals surface area contributed by atoms with Gasteiger partial charge in [-0.1, -0.05) is 35.0 Å². The predicted molar refractivity (Wildman–Crippen MR) is 128 cm³/mol. The summed E-state index contributed by atoms with van der Waals surface area (Å²) in [6, 6.07) is 15.1. The summed E-state index contributed by atoms with van der Waals surface area (Å²) < 4.78 is 25.1. The molecule has 3 rings (SSSR count). The fourth-order valence-electron chi connectivity index (χ4n) is 3.78. The Balaban J connectivity index is 2.08. The van der Waals surface area contributed by atoms with Crippen molar-refractivity contribution in [2.24, 2.45) is 5.16 Å². The van der Waals surface area contributed by atoms with Crippen molar-refractivity contribution in [3.05, 3.63) is 98.4 Å². The van der Waals surface area contributed by atoms with Gasteiger partial charge in [-0.05, 0) is 53.9 Å². The maximum atomic E-state index is 12.0. The van der Waals surface area contributed by atoms with Crippen molar-refractivity contribution in [2.75, 3.05) is 12.9 Å². The fraction of sp³-hybridized carbons (Fsp3) is 0.250. The number of halogens is 1. The molecule has 0 saturated heterocycles. The Morgan fingerprint density at radius 3 is 2.39 bits per heavy atom. The first-order valence-corrected chi connectivity index (χ1v) is 12.5. The third-order valence-electron chi connectivity index (χ3n) is 5.49. The van der Waals surface area contributed by atoms with Gasteiger partial charge in [-0.15, -0.1) is 0 Å². The number of nitrogens with zero attached hydrogens (tertiary/aromatic N) is 2. The quantitative estimate of drug-likeness (QED) is 0.286. The second-order valence-corrected chi connectivity index (χ2v) is 10.3. The number of benzene rings is 2. The Kier molecular flexibility index (Phi) is 7.73. The third-order valence-corrected chi connectivity index (χ3v) is 6.86. The van der Waals surface area contributed by atoms with E-state index in [1.807, 2.05) is 19.1 Å².